The van der Waals surface area contributed by atoms with Crippen molar-refractivity contribution >= 4 is 5.96 Å². The van der Waals surface area contributed by atoms with Gasteiger partial charge in [0.05, 0.1) is 6.54 Å². The molecule has 0 spiro atoms. The highest BCUT2D eigenvalue weighted by Crippen LogP contribution is 2.15. The number of piperidine rings is 1. The van der Waals surface area contributed by atoms with Crippen LogP contribution in [-0.4, -0.2) is 49.1 Å². The number of hydrogen-bond donors (Lipinski definition) is 2. The molecule has 4 heteroatoms. The Bertz CT molecular complexity index is 272. The number of likely N-dealkylation sites (tertiary alicyclic amines) is 1. The van der Waals surface area contributed by atoms with Gasteiger partial charge < -0.3 is 15.5 Å². The molecule has 19 heavy (non-hydrogen) atoms. The Kier molecular flexibility index (Phi) is 6.63. The predicted octanol–water partition coefficient (Wildman–Crippen LogP) is 2.07. The van der Waals surface area contributed by atoms with Crippen molar-refractivity contribution in [3.63, 3.8) is 0 Å². The van der Waals surface area contributed by atoms with E-state index in [1.165, 1.54) is 12.8 Å². The summed E-state index contributed by atoms with van der Waals surface area (Å²) in [7, 11) is 0. The smallest absolute Gasteiger partial charge is 0.193 e. The first-order chi connectivity index (χ1) is 8.92. The highest BCUT2D eigenvalue weighted by Gasteiger charge is 2.18. The fourth-order valence-electron chi connectivity index (χ4n) is 2.24. The van der Waals surface area contributed by atoms with Gasteiger partial charge in [-0.05, 0) is 46.5 Å². The van der Waals surface area contributed by atoms with Crippen LogP contribution in [0.15, 0.2) is 4.99 Å². The van der Waals surface area contributed by atoms with Gasteiger partial charge in [0.25, 0.3) is 0 Å². The maximum Gasteiger partial charge on any atom is 0.193 e. The molecule has 0 aromatic heterocycles. The molecular formula is C15H32N4. The molecule has 1 rings (SSSR count). The lowest BCUT2D eigenvalue weighted by Crippen LogP contribution is -2.46. The summed E-state index contributed by atoms with van der Waals surface area (Å²) in [6, 6.07) is 0. The van der Waals surface area contributed by atoms with Gasteiger partial charge >= 0.3 is 0 Å². The van der Waals surface area contributed by atoms with Crippen molar-refractivity contribution in [3.8, 4) is 0 Å². The molecule has 112 valence electrons. The normalized spacial score (nSPS) is 18.8. The van der Waals surface area contributed by atoms with E-state index in [1.807, 2.05) is 0 Å². The van der Waals surface area contributed by atoms with Gasteiger partial charge in [-0.25, -0.2) is 0 Å². The van der Waals surface area contributed by atoms with Crippen molar-refractivity contribution in [2.75, 3.05) is 32.7 Å². The van der Waals surface area contributed by atoms with Gasteiger partial charge in [-0.3, -0.25) is 4.99 Å². The Hall–Kier alpha value is -0.770. The first-order valence-corrected chi connectivity index (χ1v) is 7.70. The van der Waals surface area contributed by atoms with E-state index in [-0.39, 0.29) is 5.54 Å². The van der Waals surface area contributed by atoms with Crippen molar-refractivity contribution in [1.82, 2.24) is 15.5 Å². The minimum atomic E-state index is 0.175. The molecule has 0 atom stereocenters. The fourth-order valence-corrected chi connectivity index (χ4v) is 2.24. The third kappa shape index (κ3) is 6.81. The third-order valence-electron chi connectivity index (χ3n) is 3.45. The van der Waals surface area contributed by atoms with E-state index in [4.69, 9.17) is 4.99 Å². The van der Waals surface area contributed by atoms with E-state index in [9.17, 15) is 0 Å². The van der Waals surface area contributed by atoms with Gasteiger partial charge in [0.1, 0.15) is 0 Å². The van der Waals surface area contributed by atoms with Gasteiger partial charge in [0.2, 0.25) is 0 Å². The molecule has 0 aromatic carbocycles. The second kappa shape index (κ2) is 7.73. The Balaban J connectivity index is 2.42. The van der Waals surface area contributed by atoms with E-state index in [1.54, 1.807) is 0 Å². The van der Waals surface area contributed by atoms with Gasteiger partial charge in [-0.15, -0.1) is 0 Å². The molecule has 2 N–H and O–H groups in total. The maximum atomic E-state index is 4.73. The van der Waals surface area contributed by atoms with Gasteiger partial charge in [-0.2, -0.15) is 0 Å². The molecule has 1 heterocycles. The Morgan fingerprint density at radius 2 is 1.89 bits per heavy atom. The number of rotatable bonds is 4. The number of guanidine groups is 1. The zero-order valence-electron chi connectivity index (χ0n) is 13.4. The van der Waals surface area contributed by atoms with E-state index < -0.39 is 0 Å². The number of aliphatic imine (C=N–C) groups is 1. The van der Waals surface area contributed by atoms with Crippen LogP contribution in [0.5, 0.6) is 0 Å². The molecule has 0 amide bonds. The Labute approximate surface area is 119 Å². The highest BCUT2D eigenvalue weighted by molar-refractivity contribution is 5.80. The third-order valence-corrected chi connectivity index (χ3v) is 3.45. The van der Waals surface area contributed by atoms with Crippen LogP contribution in [-0.2, 0) is 0 Å². The van der Waals surface area contributed by atoms with Crippen molar-refractivity contribution in [3.05, 3.63) is 0 Å². The molecule has 0 aliphatic carbocycles. The topological polar surface area (TPSA) is 39.7 Å². The molecule has 1 saturated heterocycles. The molecule has 1 aliphatic heterocycles. The van der Waals surface area contributed by atoms with Crippen molar-refractivity contribution < 1.29 is 0 Å². The Morgan fingerprint density at radius 3 is 2.42 bits per heavy atom. The standard InChI is InChI=1S/C15H32N4/c1-6-16-14(17-9-10-18-15(3,4)5)19-11-7-13(2)8-12-19/h13,18H,6-12H2,1-5H3,(H,16,17). The largest absolute Gasteiger partial charge is 0.357 e. The minimum absolute atomic E-state index is 0.175. The number of hydrogen-bond acceptors (Lipinski definition) is 2. The fraction of sp³-hybridized carbons (Fsp3) is 0.933. The highest BCUT2D eigenvalue weighted by atomic mass is 15.3. The van der Waals surface area contributed by atoms with Crippen molar-refractivity contribution in [1.29, 1.82) is 0 Å². The van der Waals surface area contributed by atoms with E-state index in [0.29, 0.717) is 0 Å². The van der Waals surface area contributed by atoms with Crippen LogP contribution < -0.4 is 10.6 Å². The average molecular weight is 268 g/mol. The summed E-state index contributed by atoms with van der Waals surface area (Å²) in [6.45, 7) is 16.0. The minimum Gasteiger partial charge on any atom is -0.357 e. The molecular weight excluding hydrogens is 236 g/mol. The number of nitrogens with zero attached hydrogens (tertiary/aromatic N) is 2. The van der Waals surface area contributed by atoms with Crippen LogP contribution in [0.1, 0.15) is 47.5 Å². The SMILES string of the molecule is CCNC(=NCCNC(C)(C)C)N1CCC(C)CC1. The second-order valence-corrected chi connectivity index (χ2v) is 6.58. The molecule has 0 aromatic rings. The summed E-state index contributed by atoms with van der Waals surface area (Å²) in [5.74, 6) is 1.95. The molecule has 0 bridgehead atoms. The second-order valence-electron chi connectivity index (χ2n) is 6.58. The molecule has 1 aliphatic rings. The summed E-state index contributed by atoms with van der Waals surface area (Å²) in [5, 5.41) is 6.89. The van der Waals surface area contributed by atoms with Crippen molar-refractivity contribution in [2.24, 2.45) is 10.9 Å². The number of nitrogens with one attached hydrogen (secondary N) is 2. The first kappa shape index (κ1) is 16.3. The summed E-state index contributed by atoms with van der Waals surface area (Å²) in [5.41, 5.74) is 0.175. The maximum absolute atomic E-state index is 4.73. The van der Waals surface area contributed by atoms with E-state index >= 15 is 0 Å². The molecule has 1 fully saturated rings. The van der Waals surface area contributed by atoms with E-state index in [0.717, 1.165) is 44.6 Å². The predicted molar refractivity (Wildman–Crippen MR) is 83.7 cm³/mol. The van der Waals surface area contributed by atoms with Gasteiger partial charge in [0.15, 0.2) is 5.96 Å². The van der Waals surface area contributed by atoms with E-state index in [2.05, 4.69) is 50.2 Å². The first-order valence-electron chi connectivity index (χ1n) is 7.70. The van der Waals surface area contributed by atoms with Crippen LogP contribution >= 0.6 is 0 Å². The summed E-state index contributed by atoms with van der Waals surface area (Å²) in [4.78, 5) is 7.14. The zero-order valence-corrected chi connectivity index (χ0v) is 13.4. The van der Waals surface area contributed by atoms with Crippen molar-refractivity contribution in [2.45, 2.75) is 53.0 Å². The quantitative estimate of drug-likeness (QED) is 0.466. The summed E-state index contributed by atoms with van der Waals surface area (Å²) >= 11 is 0. The molecule has 0 unspecified atom stereocenters. The van der Waals surface area contributed by atoms with Crippen LogP contribution in [0.25, 0.3) is 0 Å². The lowest BCUT2D eigenvalue weighted by Gasteiger charge is -2.33. The zero-order chi connectivity index (χ0) is 14.3. The Morgan fingerprint density at radius 1 is 1.26 bits per heavy atom. The molecule has 0 radical (unpaired) electrons. The van der Waals surface area contributed by atoms with Gasteiger partial charge in [0, 0.05) is 31.7 Å². The molecule has 0 saturated carbocycles. The van der Waals surface area contributed by atoms with Crippen LogP contribution in [0.2, 0.25) is 0 Å². The monoisotopic (exact) mass is 268 g/mol. The lowest BCUT2D eigenvalue weighted by atomic mass is 10.00. The average Bonchev–Trinajstić information content (AvgIpc) is 2.33. The lowest BCUT2D eigenvalue weighted by molar-refractivity contribution is 0.273. The molecule has 4 nitrogen and oxygen atoms in total. The van der Waals surface area contributed by atoms with Gasteiger partial charge in [-0.1, -0.05) is 6.92 Å². The summed E-state index contributed by atoms with van der Waals surface area (Å²) in [6.07, 6.45) is 2.56. The van der Waals surface area contributed by atoms with Crippen LogP contribution in [0, 0.1) is 5.92 Å². The van der Waals surface area contributed by atoms with Crippen LogP contribution in [0.3, 0.4) is 0 Å². The summed E-state index contributed by atoms with van der Waals surface area (Å²) < 4.78 is 0. The van der Waals surface area contributed by atoms with Crippen LogP contribution in [0.4, 0.5) is 0 Å².